The molecule has 0 radical (unpaired) electrons. The molecule has 1 aliphatic heterocycles. The summed E-state index contributed by atoms with van der Waals surface area (Å²) >= 11 is 0. The molecule has 2 N–H and O–H groups in total. The molecule has 0 saturated carbocycles. The Balaban J connectivity index is 1.79. The van der Waals surface area contributed by atoms with Gasteiger partial charge in [-0.2, -0.15) is 9.99 Å². The molecule has 0 unspecified atom stereocenters. The highest BCUT2D eigenvalue weighted by atomic mass is 16.5. The van der Waals surface area contributed by atoms with Crippen LogP contribution in [0.5, 0.6) is 0 Å². The summed E-state index contributed by atoms with van der Waals surface area (Å²) in [4.78, 5) is 8.43. The van der Waals surface area contributed by atoms with Gasteiger partial charge in [-0.3, -0.25) is 0 Å². The Kier molecular flexibility index (Phi) is 2.68. The number of nitriles is 1. The number of hydrogen-bond donors (Lipinski definition) is 2. The van der Waals surface area contributed by atoms with Crippen molar-refractivity contribution in [2.45, 2.75) is 12.0 Å². The normalized spacial score (nSPS) is 16.3. The second-order valence-electron chi connectivity index (χ2n) is 5.59. The summed E-state index contributed by atoms with van der Waals surface area (Å²) < 4.78 is 3.08. The minimum atomic E-state index is -0.165. The molecule has 0 amide bonds. The second kappa shape index (κ2) is 4.58. The average molecular weight is 294 g/mol. The lowest BCUT2D eigenvalue weighted by Crippen LogP contribution is -2.59. The molecular formula is C15H14N6O. The van der Waals surface area contributed by atoms with Gasteiger partial charge in [0.05, 0.1) is 23.7 Å². The molecular weight excluding hydrogens is 280 g/mol. The first-order valence-corrected chi connectivity index (χ1v) is 7.01. The molecule has 3 aromatic rings. The van der Waals surface area contributed by atoms with Gasteiger partial charge in [-0.15, -0.1) is 0 Å². The fourth-order valence-electron chi connectivity index (χ4n) is 2.96. The van der Waals surface area contributed by atoms with Crippen molar-refractivity contribution in [2.75, 3.05) is 13.1 Å². The Morgan fingerprint density at radius 2 is 2.18 bits per heavy atom. The number of aromatic nitrogens is 4. The van der Waals surface area contributed by atoms with E-state index in [-0.39, 0.29) is 5.54 Å². The third-order valence-corrected chi connectivity index (χ3v) is 4.29. The zero-order chi connectivity index (χ0) is 15.2. The predicted molar refractivity (Wildman–Crippen MR) is 79.2 cm³/mol. The molecule has 0 aliphatic carbocycles. The molecule has 22 heavy (non-hydrogen) atoms. The molecule has 1 fully saturated rings. The van der Waals surface area contributed by atoms with Gasteiger partial charge in [-0.1, -0.05) is 0 Å². The van der Waals surface area contributed by atoms with E-state index in [4.69, 9.17) is 5.26 Å². The monoisotopic (exact) mass is 294 g/mol. The van der Waals surface area contributed by atoms with Gasteiger partial charge in [-0.05, 0) is 12.1 Å². The lowest BCUT2D eigenvalue weighted by atomic mass is 9.89. The molecule has 0 spiro atoms. The first kappa shape index (κ1) is 12.9. The fraction of sp³-hybridized carbons (Fsp3) is 0.267. The zero-order valence-electron chi connectivity index (χ0n) is 11.8. The van der Waals surface area contributed by atoms with Crippen LogP contribution in [0, 0.1) is 11.3 Å². The van der Waals surface area contributed by atoms with E-state index >= 15 is 0 Å². The van der Waals surface area contributed by atoms with Gasteiger partial charge < -0.3 is 15.1 Å². The number of nitrogens with one attached hydrogen (secondary N) is 1. The van der Waals surface area contributed by atoms with Crippen molar-refractivity contribution in [1.82, 2.24) is 24.6 Å². The van der Waals surface area contributed by atoms with Crippen LogP contribution in [0.3, 0.4) is 0 Å². The molecule has 4 rings (SSSR count). The summed E-state index contributed by atoms with van der Waals surface area (Å²) in [6, 6.07) is 6.04. The SMILES string of the molecule is N#CCC1(n2ccc(-c3ncnc4c3ccn4O)c2)CNC1. The van der Waals surface area contributed by atoms with Crippen LogP contribution in [0.15, 0.2) is 37.1 Å². The van der Waals surface area contributed by atoms with E-state index in [2.05, 4.69) is 25.9 Å². The van der Waals surface area contributed by atoms with Gasteiger partial charge in [0.2, 0.25) is 0 Å². The van der Waals surface area contributed by atoms with E-state index in [0.717, 1.165) is 34.5 Å². The summed E-state index contributed by atoms with van der Waals surface area (Å²) in [6.45, 7) is 1.59. The smallest absolute Gasteiger partial charge is 0.178 e. The van der Waals surface area contributed by atoms with E-state index < -0.39 is 0 Å². The van der Waals surface area contributed by atoms with Gasteiger partial charge >= 0.3 is 0 Å². The maximum atomic E-state index is 9.71. The van der Waals surface area contributed by atoms with E-state index in [0.29, 0.717) is 12.1 Å². The van der Waals surface area contributed by atoms with Crippen molar-refractivity contribution in [2.24, 2.45) is 0 Å². The Bertz CT molecular complexity index is 883. The topological polar surface area (TPSA) is 91.7 Å². The molecule has 110 valence electrons. The maximum absolute atomic E-state index is 9.71. The molecule has 1 saturated heterocycles. The minimum Gasteiger partial charge on any atom is -0.427 e. The highest BCUT2D eigenvalue weighted by Gasteiger charge is 2.38. The fourth-order valence-corrected chi connectivity index (χ4v) is 2.96. The molecule has 0 aromatic carbocycles. The third-order valence-electron chi connectivity index (χ3n) is 4.29. The van der Waals surface area contributed by atoms with Crippen molar-refractivity contribution in [1.29, 1.82) is 5.26 Å². The van der Waals surface area contributed by atoms with Crippen LogP contribution < -0.4 is 5.32 Å². The minimum absolute atomic E-state index is 0.165. The van der Waals surface area contributed by atoms with Crippen molar-refractivity contribution in [3.63, 3.8) is 0 Å². The van der Waals surface area contributed by atoms with E-state index in [1.807, 2.05) is 18.5 Å². The van der Waals surface area contributed by atoms with Gasteiger partial charge in [0.15, 0.2) is 5.65 Å². The van der Waals surface area contributed by atoms with Crippen molar-refractivity contribution < 1.29 is 5.21 Å². The standard InChI is InChI=1S/C15H14N6O/c16-4-3-15(8-17-9-15)20-5-1-11(7-20)13-12-2-6-21(22)14(12)19-10-18-13/h1-2,5-7,10,17,22H,3,8-9H2. The van der Waals surface area contributed by atoms with E-state index in [9.17, 15) is 5.21 Å². The highest BCUT2D eigenvalue weighted by molar-refractivity contribution is 5.90. The van der Waals surface area contributed by atoms with Crippen LogP contribution >= 0.6 is 0 Å². The van der Waals surface area contributed by atoms with Crippen molar-refractivity contribution in [3.8, 4) is 17.3 Å². The Labute approximate surface area is 126 Å². The van der Waals surface area contributed by atoms with Crippen LogP contribution in [0.2, 0.25) is 0 Å². The van der Waals surface area contributed by atoms with Gasteiger partial charge in [0.25, 0.3) is 0 Å². The first-order chi connectivity index (χ1) is 10.7. The molecule has 4 heterocycles. The summed E-state index contributed by atoms with van der Waals surface area (Å²) in [6.07, 6.45) is 7.46. The Morgan fingerprint density at radius 1 is 1.32 bits per heavy atom. The second-order valence-corrected chi connectivity index (χ2v) is 5.59. The highest BCUT2D eigenvalue weighted by Crippen LogP contribution is 2.31. The lowest BCUT2D eigenvalue weighted by molar-refractivity contribution is 0.181. The van der Waals surface area contributed by atoms with Gasteiger partial charge in [0, 0.05) is 42.6 Å². The quantitative estimate of drug-likeness (QED) is 0.711. The number of fused-ring (bicyclic) bond motifs is 1. The molecule has 0 bridgehead atoms. The van der Waals surface area contributed by atoms with Gasteiger partial charge in [0.1, 0.15) is 6.33 Å². The average Bonchev–Trinajstić information content (AvgIpc) is 3.11. The van der Waals surface area contributed by atoms with E-state index in [1.165, 1.54) is 6.33 Å². The summed E-state index contributed by atoms with van der Waals surface area (Å²) in [5, 5.41) is 22.8. The van der Waals surface area contributed by atoms with Crippen LogP contribution in [0.4, 0.5) is 0 Å². The molecule has 3 aromatic heterocycles. The van der Waals surface area contributed by atoms with Crippen molar-refractivity contribution >= 4 is 11.0 Å². The third kappa shape index (κ3) is 1.71. The number of rotatable bonds is 3. The van der Waals surface area contributed by atoms with Crippen LogP contribution in [-0.2, 0) is 5.54 Å². The summed E-state index contributed by atoms with van der Waals surface area (Å²) in [5.74, 6) is 0. The molecule has 0 atom stereocenters. The molecule has 7 nitrogen and oxygen atoms in total. The largest absolute Gasteiger partial charge is 0.427 e. The first-order valence-electron chi connectivity index (χ1n) is 7.01. The summed E-state index contributed by atoms with van der Waals surface area (Å²) in [5.41, 5.74) is 2.04. The molecule has 7 heteroatoms. The summed E-state index contributed by atoms with van der Waals surface area (Å²) in [7, 11) is 0. The predicted octanol–water partition coefficient (Wildman–Crippen LogP) is 1.35. The van der Waals surface area contributed by atoms with Crippen LogP contribution in [0.25, 0.3) is 22.3 Å². The van der Waals surface area contributed by atoms with Gasteiger partial charge in [-0.25, -0.2) is 9.97 Å². The van der Waals surface area contributed by atoms with Crippen LogP contribution in [-0.4, -0.2) is 37.6 Å². The number of hydrogen-bond acceptors (Lipinski definition) is 5. The Hall–Kier alpha value is -2.85. The van der Waals surface area contributed by atoms with E-state index in [1.54, 1.807) is 12.3 Å². The zero-order valence-corrected chi connectivity index (χ0v) is 11.8. The lowest BCUT2D eigenvalue weighted by Gasteiger charge is -2.42. The van der Waals surface area contributed by atoms with Crippen molar-refractivity contribution in [3.05, 3.63) is 37.1 Å². The Morgan fingerprint density at radius 3 is 2.91 bits per heavy atom. The number of nitrogens with zero attached hydrogens (tertiary/aromatic N) is 5. The molecule has 1 aliphatic rings. The van der Waals surface area contributed by atoms with Crippen LogP contribution in [0.1, 0.15) is 6.42 Å². The maximum Gasteiger partial charge on any atom is 0.178 e.